The number of hydrogen-bond acceptors (Lipinski definition) is 4. The highest BCUT2D eigenvalue weighted by atomic mass is 32.2. The molecule has 0 fully saturated rings. The maximum Gasteiger partial charge on any atom is 0.243 e. The van der Waals surface area contributed by atoms with Crippen molar-refractivity contribution in [2.24, 2.45) is 0 Å². The van der Waals surface area contributed by atoms with E-state index in [-0.39, 0.29) is 23.4 Å². The molecule has 3 rings (SSSR count). The minimum absolute atomic E-state index is 0.0703. The van der Waals surface area contributed by atoms with Gasteiger partial charge in [0.1, 0.15) is 6.04 Å². The van der Waals surface area contributed by atoms with Crippen molar-refractivity contribution < 1.29 is 18.0 Å². The highest BCUT2D eigenvalue weighted by molar-refractivity contribution is 7.89. The van der Waals surface area contributed by atoms with Crippen LogP contribution in [0.2, 0.25) is 0 Å². The minimum Gasteiger partial charge on any atom is -0.352 e. The number of hydrogen-bond donors (Lipinski definition) is 1. The maximum atomic E-state index is 13.8. The van der Waals surface area contributed by atoms with Crippen LogP contribution in [0.1, 0.15) is 37.0 Å². The third-order valence-electron chi connectivity index (χ3n) is 6.55. The summed E-state index contributed by atoms with van der Waals surface area (Å²) >= 11 is 0. The molecule has 0 radical (unpaired) electrons. The SMILES string of the molecule is CC[C@@H](C)NC(=O)[C@@H](Cc1ccccc1)N(Cc1ccccc1)C(=O)CN(C)S(=O)(=O)c1ccc(C)cc1. The number of benzene rings is 3. The molecule has 8 heteroatoms. The van der Waals surface area contributed by atoms with E-state index in [1.54, 1.807) is 12.1 Å². The van der Waals surface area contributed by atoms with Crippen LogP contribution in [0.3, 0.4) is 0 Å². The molecule has 1 N–H and O–H groups in total. The van der Waals surface area contributed by atoms with E-state index in [2.05, 4.69) is 5.32 Å². The van der Waals surface area contributed by atoms with E-state index in [0.717, 1.165) is 27.4 Å². The number of aryl methyl sites for hydroxylation is 1. The zero-order valence-electron chi connectivity index (χ0n) is 22.5. The fourth-order valence-corrected chi connectivity index (χ4v) is 5.15. The van der Waals surface area contributed by atoms with Crippen LogP contribution < -0.4 is 5.32 Å². The summed E-state index contributed by atoms with van der Waals surface area (Å²) < 4.78 is 27.5. The number of likely N-dealkylation sites (N-methyl/N-ethyl adjacent to an activating group) is 1. The van der Waals surface area contributed by atoms with E-state index >= 15 is 0 Å². The molecule has 0 unspecified atom stereocenters. The van der Waals surface area contributed by atoms with E-state index < -0.39 is 28.5 Å². The number of carbonyl (C=O) groups is 2. The van der Waals surface area contributed by atoms with Crippen molar-refractivity contribution in [3.63, 3.8) is 0 Å². The first kappa shape index (κ1) is 29.1. The summed E-state index contributed by atoms with van der Waals surface area (Å²) in [5.41, 5.74) is 2.69. The van der Waals surface area contributed by atoms with Gasteiger partial charge in [-0.2, -0.15) is 4.31 Å². The number of nitrogens with zero attached hydrogens (tertiary/aromatic N) is 2. The molecule has 0 saturated heterocycles. The molecule has 3 aromatic rings. The first-order chi connectivity index (χ1) is 18.1. The molecule has 202 valence electrons. The summed E-state index contributed by atoms with van der Waals surface area (Å²) in [5, 5.41) is 3.02. The fraction of sp³-hybridized carbons (Fsp3) is 0.333. The second-order valence-electron chi connectivity index (χ2n) is 9.60. The van der Waals surface area contributed by atoms with Gasteiger partial charge >= 0.3 is 0 Å². The third-order valence-corrected chi connectivity index (χ3v) is 8.37. The van der Waals surface area contributed by atoms with E-state index in [1.807, 2.05) is 81.4 Å². The molecule has 0 bridgehead atoms. The van der Waals surface area contributed by atoms with Gasteiger partial charge in [-0.15, -0.1) is 0 Å². The second kappa shape index (κ2) is 13.3. The summed E-state index contributed by atoms with van der Waals surface area (Å²) in [6.07, 6.45) is 1.05. The predicted octanol–water partition coefficient (Wildman–Crippen LogP) is 4.17. The second-order valence-corrected chi connectivity index (χ2v) is 11.6. The van der Waals surface area contributed by atoms with E-state index in [1.165, 1.54) is 24.1 Å². The van der Waals surface area contributed by atoms with Crippen LogP contribution in [0.4, 0.5) is 0 Å². The standard InChI is InChI=1S/C30H37N3O4S/c1-5-24(3)31-30(35)28(20-25-12-8-6-9-13-25)33(21-26-14-10-7-11-15-26)29(34)22-32(4)38(36,37)27-18-16-23(2)17-19-27/h6-19,24,28H,5,20-22H2,1-4H3,(H,31,35)/t24-,28-/m1/s1. The van der Waals surface area contributed by atoms with Crippen molar-refractivity contribution in [2.75, 3.05) is 13.6 Å². The van der Waals surface area contributed by atoms with Gasteiger partial charge in [-0.1, -0.05) is 85.3 Å². The Labute approximate surface area is 226 Å². The average Bonchev–Trinajstić information content (AvgIpc) is 2.91. The summed E-state index contributed by atoms with van der Waals surface area (Å²) in [6, 6.07) is 24.5. The summed E-state index contributed by atoms with van der Waals surface area (Å²) in [6.45, 7) is 5.55. The molecule has 0 aliphatic carbocycles. The molecule has 0 aliphatic rings. The summed E-state index contributed by atoms with van der Waals surface area (Å²) in [7, 11) is -2.51. The molecule has 38 heavy (non-hydrogen) atoms. The molecular weight excluding hydrogens is 498 g/mol. The van der Waals surface area contributed by atoms with E-state index in [9.17, 15) is 18.0 Å². The van der Waals surface area contributed by atoms with Gasteiger partial charge in [-0.25, -0.2) is 8.42 Å². The molecule has 7 nitrogen and oxygen atoms in total. The first-order valence-corrected chi connectivity index (χ1v) is 14.3. The van der Waals surface area contributed by atoms with E-state index in [4.69, 9.17) is 0 Å². The Hall–Kier alpha value is -3.49. The smallest absolute Gasteiger partial charge is 0.243 e. The fourth-order valence-electron chi connectivity index (χ4n) is 4.03. The summed E-state index contributed by atoms with van der Waals surface area (Å²) in [5.74, 6) is -0.719. The number of amides is 2. The summed E-state index contributed by atoms with van der Waals surface area (Å²) in [4.78, 5) is 29.0. The molecule has 0 heterocycles. The van der Waals surface area contributed by atoms with Crippen molar-refractivity contribution in [3.05, 3.63) is 102 Å². The Morgan fingerprint density at radius 2 is 1.42 bits per heavy atom. The predicted molar refractivity (Wildman–Crippen MR) is 150 cm³/mol. The van der Waals surface area contributed by atoms with Crippen LogP contribution >= 0.6 is 0 Å². The van der Waals surface area contributed by atoms with Gasteiger partial charge in [0.15, 0.2) is 0 Å². The minimum atomic E-state index is -3.90. The van der Waals surface area contributed by atoms with Crippen molar-refractivity contribution in [2.45, 2.75) is 57.1 Å². The van der Waals surface area contributed by atoms with Crippen LogP contribution in [-0.2, 0) is 32.6 Å². The Kier molecular flexibility index (Phi) is 10.2. The largest absolute Gasteiger partial charge is 0.352 e. The van der Waals surface area contributed by atoms with Crippen LogP contribution in [0.5, 0.6) is 0 Å². The zero-order valence-corrected chi connectivity index (χ0v) is 23.3. The highest BCUT2D eigenvalue weighted by Gasteiger charge is 2.33. The van der Waals surface area contributed by atoms with Gasteiger partial charge in [0.25, 0.3) is 0 Å². The van der Waals surface area contributed by atoms with E-state index in [0.29, 0.717) is 6.42 Å². The maximum absolute atomic E-state index is 13.8. The zero-order chi connectivity index (χ0) is 27.7. The Balaban J connectivity index is 1.95. The lowest BCUT2D eigenvalue weighted by molar-refractivity contribution is -0.141. The topological polar surface area (TPSA) is 86.8 Å². The van der Waals surface area contributed by atoms with Gasteiger partial charge < -0.3 is 10.2 Å². The lowest BCUT2D eigenvalue weighted by Crippen LogP contribution is -2.54. The van der Waals surface area contributed by atoms with Crippen LogP contribution in [0.25, 0.3) is 0 Å². The van der Waals surface area contributed by atoms with Gasteiger partial charge in [0, 0.05) is 26.1 Å². The first-order valence-electron chi connectivity index (χ1n) is 12.8. The molecule has 3 aromatic carbocycles. The molecule has 2 amide bonds. The quantitative estimate of drug-likeness (QED) is 0.377. The molecule has 0 aliphatic heterocycles. The molecule has 0 aromatic heterocycles. The Morgan fingerprint density at radius 1 is 0.868 bits per heavy atom. The van der Waals surface area contributed by atoms with Gasteiger partial charge in [0.05, 0.1) is 11.4 Å². The van der Waals surface area contributed by atoms with Gasteiger partial charge in [-0.3, -0.25) is 9.59 Å². The Bertz CT molecular complexity index is 1300. The van der Waals surface area contributed by atoms with Crippen molar-refractivity contribution in [1.29, 1.82) is 0 Å². The Morgan fingerprint density at radius 3 is 1.97 bits per heavy atom. The van der Waals surface area contributed by atoms with Crippen LogP contribution in [0.15, 0.2) is 89.8 Å². The highest BCUT2D eigenvalue weighted by Crippen LogP contribution is 2.18. The number of rotatable bonds is 12. The molecule has 2 atom stereocenters. The lowest BCUT2D eigenvalue weighted by atomic mass is 10.0. The van der Waals surface area contributed by atoms with Crippen LogP contribution in [-0.4, -0.2) is 55.1 Å². The monoisotopic (exact) mass is 535 g/mol. The lowest BCUT2D eigenvalue weighted by Gasteiger charge is -2.33. The third kappa shape index (κ3) is 7.76. The molecule has 0 saturated carbocycles. The van der Waals surface area contributed by atoms with Gasteiger partial charge in [-0.05, 0) is 43.5 Å². The number of nitrogens with one attached hydrogen (secondary N) is 1. The van der Waals surface area contributed by atoms with Crippen molar-refractivity contribution in [1.82, 2.24) is 14.5 Å². The average molecular weight is 536 g/mol. The van der Waals surface area contributed by atoms with Crippen molar-refractivity contribution >= 4 is 21.8 Å². The van der Waals surface area contributed by atoms with Gasteiger partial charge in [0.2, 0.25) is 21.8 Å². The number of carbonyl (C=O) groups excluding carboxylic acids is 2. The molecular formula is C30H37N3O4S. The van der Waals surface area contributed by atoms with Crippen molar-refractivity contribution in [3.8, 4) is 0 Å². The molecule has 0 spiro atoms. The normalized spacial score (nSPS) is 13.1. The number of sulfonamides is 1. The van der Waals surface area contributed by atoms with Crippen LogP contribution in [0, 0.1) is 6.92 Å².